The van der Waals surface area contributed by atoms with Crippen LogP contribution < -0.4 is 5.73 Å². The zero-order valence-corrected chi connectivity index (χ0v) is 10.4. The second-order valence-electron chi connectivity index (χ2n) is 3.56. The molecular weight excluding hydrogens is 242 g/mol. The van der Waals surface area contributed by atoms with E-state index in [4.69, 9.17) is 5.73 Å². The molecule has 1 aromatic rings. The number of aryl methyl sites for hydroxylation is 1. The van der Waals surface area contributed by atoms with E-state index in [-0.39, 0.29) is 0 Å². The number of rotatable bonds is 3. The zero-order valence-electron chi connectivity index (χ0n) is 8.84. The molecule has 0 aromatic carbocycles. The number of nitrogen functional groups attached to an aromatic ring is 1. The largest absolute Gasteiger partial charge is 0.383 e. The highest BCUT2D eigenvalue weighted by atomic mass is 79.9. The summed E-state index contributed by atoms with van der Waals surface area (Å²) in [6, 6.07) is 0. The minimum absolute atomic E-state index is 0.383. The van der Waals surface area contributed by atoms with Gasteiger partial charge in [-0.2, -0.15) is 0 Å². The first-order chi connectivity index (χ1) is 6.56. The second-order valence-corrected chi connectivity index (χ2v) is 4.35. The van der Waals surface area contributed by atoms with E-state index in [0.29, 0.717) is 11.7 Å². The van der Waals surface area contributed by atoms with Gasteiger partial charge >= 0.3 is 0 Å². The third kappa shape index (κ3) is 2.44. The van der Waals surface area contributed by atoms with Crippen molar-refractivity contribution in [1.29, 1.82) is 0 Å². The summed E-state index contributed by atoms with van der Waals surface area (Å²) in [6.07, 6.45) is 2.24. The maximum absolute atomic E-state index is 5.76. The van der Waals surface area contributed by atoms with Crippen molar-refractivity contribution in [3.63, 3.8) is 0 Å². The molecule has 0 radical (unpaired) electrons. The van der Waals surface area contributed by atoms with Crippen molar-refractivity contribution in [1.82, 2.24) is 9.97 Å². The van der Waals surface area contributed by atoms with Crippen LogP contribution in [-0.2, 0) is 0 Å². The summed E-state index contributed by atoms with van der Waals surface area (Å²) in [5, 5.41) is 0. The monoisotopic (exact) mass is 257 g/mol. The quantitative estimate of drug-likeness (QED) is 0.906. The van der Waals surface area contributed by atoms with E-state index in [1.54, 1.807) is 0 Å². The van der Waals surface area contributed by atoms with E-state index in [9.17, 15) is 0 Å². The van der Waals surface area contributed by atoms with Gasteiger partial charge in [0.2, 0.25) is 0 Å². The van der Waals surface area contributed by atoms with E-state index in [1.807, 2.05) is 6.92 Å². The first kappa shape index (κ1) is 11.4. The SMILES string of the molecule is CCCC(C)c1nc(C)c(Br)c(N)n1. The maximum atomic E-state index is 5.76. The lowest BCUT2D eigenvalue weighted by atomic mass is 10.1. The summed E-state index contributed by atoms with van der Waals surface area (Å²) in [7, 11) is 0. The van der Waals surface area contributed by atoms with Crippen LogP contribution in [0.1, 0.15) is 44.1 Å². The molecule has 0 fully saturated rings. The van der Waals surface area contributed by atoms with Gasteiger partial charge in [0.15, 0.2) is 0 Å². The molecule has 4 heteroatoms. The van der Waals surface area contributed by atoms with Crippen LogP contribution in [0.4, 0.5) is 5.82 Å². The van der Waals surface area contributed by atoms with E-state index in [1.165, 1.54) is 0 Å². The fourth-order valence-corrected chi connectivity index (χ4v) is 1.56. The lowest BCUT2D eigenvalue weighted by Crippen LogP contribution is -2.06. The fraction of sp³-hybridized carbons (Fsp3) is 0.600. The molecule has 0 amide bonds. The van der Waals surface area contributed by atoms with E-state index in [0.717, 1.165) is 28.8 Å². The molecule has 0 aliphatic rings. The van der Waals surface area contributed by atoms with Crippen LogP contribution in [0.5, 0.6) is 0 Å². The minimum Gasteiger partial charge on any atom is -0.383 e. The van der Waals surface area contributed by atoms with Crippen LogP contribution in [0.2, 0.25) is 0 Å². The number of aromatic nitrogens is 2. The molecule has 1 aromatic heterocycles. The average molecular weight is 258 g/mol. The molecule has 1 heterocycles. The Balaban J connectivity index is 3.00. The first-order valence-corrected chi connectivity index (χ1v) is 5.65. The number of halogens is 1. The third-order valence-corrected chi connectivity index (χ3v) is 3.20. The Hall–Kier alpha value is -0.640. The van der Waals surface area contributed by atoms with Gasteiger partial charge in [-0.15, -0.1) is 0 Å². The predicted octanol–water partition coefficient (Wildman–Crippen LogP) is 3.03. The van der Waals surface area contributed by atoms with Gasteiger partial charge in [-0.25, -0.2) is 9.97 Å². The molecule has 1 unspecified atom stereocenters. The van der Waals surface area contributed by atoms with Gasteiger partial charge in [0, 0.05) is 5.92 Å². The van der Waals surface area contributed by atoms with Crippen LogP contribution >= 0.6 is 15.9 Å². The van der Waals surface area contributed by atoms with Crippen molar-refractivity contribution in [2.45, 2.75) is 39.5 Å². The Morgan fingerprint density at radius 2 is 2.07 bits per heavy atom. The highest BCUT2D eigenvalue weighted by molar-refractivity contribution is 9.10. The van der Waals surface area contributed by atoms with Gasteiger partial charge in [-0.05, 0) is 29.3 Å². The predicted molar refractivity (Wildman–Crippen MR) is 62.2 cm³/mol. The Morgan fingerprint density at radius 3 is 2.57 bits per heavy atom. The Kier molecular flexibility index (Phi) is 3.86. The number of nitrogens with two attached hydrogens (primary N) is 1. The molecule has 0 aliphatic heterocycles. The van der Waals surface area contributed by atoms with E-state index < -0.39 is 0 Å². The van der Waals surface area contributed by atoms with Crippen molar-refractivity contribution >= 4 is 21.7 Å². The van der Waals surface area contributed by atoms with Crippen molar-refractivity contribution in [2.75, 3.05) is 5.73 Å². The van der Waals surface area contributed by atoms with Crippen molar-refractivity contribution in [3.8, 4) is 0 Å². The Morgan fingerprint density at radius 1 is 1.43 bits per heavy atom. The molecular formula is C10H16BrN3. The zero-order chi connectivity index (χ0) is 10.7. The fourth-order valence-electron chi connectivity index (χ4n) is 1.39. The molecule has 0 aliphatic carbocycles. The molecule has 0 spiro atoms. The van der Waals surface area contributed by atoms with E-state index >= 15 is 0 Å². The van der Waals surface area contributed by atoms with Gasteiger partial charge in [0.25, 0.3) is 0 Å². The number of anilines is 1. The summed E-state index contributed by atoms with van der Waals surface area (Å²) in [5.41, 5.74) is 6.67. The summed E-state index contributed by atoms with van der Waals surface area (Å²) in [6.45, 7) is 6.22. The highest BCUT2D eigenvalue weighted by Gasteiger charge is 2.11. The van der Waals surface area contributed by atoms with Gasteiger partial charge < -0.3 is 5.73 Å². The van der Waals surface area contributed by atoms with Gasteiger partial charge in [0.1, 0.15) is 11.6 Å². The summed E-state index contributed by atoms with van der Waals surface area (Å²) < 4.78 is 0.810. The summed E-state index contributed by atoms with van der Waals surface area (Å²) >= 11 is 3.35. The molecule has 0 saturated carbocycles. The molecule has 0 bridgehead atoms. The number of hydrogen-bond donors (Lipinski definition) is 1. The van der Waals surface area contributed by atoms with Crippen LogP contribution in [0.25, 0.3) is 0 Å². The lowest BCUT2D eigenvalue weighted by molar-refractivity contribution is 0.624. The van der Waals surface area contributed by atoms with Crippen molar-refractivity contribution in [3.05, 3.63) is 16.0 Å². The van der Waals surface area contributed by atoms with Gasteiger partial charge in [-0.3, -0.25) is 0 Å². The molecule has 2 N–H and O–H groups in total. The molecule has 1 atom stereocenters. The molecule has 78 valence electrons. The lowest BCUT2D eigenvalue weighted by Gasteiger charge is -2.11. The standard InChI is InChI=1S/C10H16BrN3/c1-4-5-6(2)10-13-7(3)8(11)9(12)14-10/h6H,4-5H2,1-3H3,(H2,12,13,14). The van der Waals surface area contributed by atoms with Crippen molar-refractivity contribution in [2.24, 2.45) is 0 Å². The number of nitrogens with zero attached hydrogens (tertiary/aromatic N) is 2. The van der Waals surface area contributed by atoms with Crippen molar-refractivity contribution < 1.29 is 0 Å². The Bertz CT molecular complexity index is 302. The third-order valence-electron chi connectivity index (χ3n) is 2.22. The molecule has 14 heavy (non-hydrogen) atoms. The normalized spacial score (nSPS) is 12.9. The van der Waals surface area contributed by atoms with Gasteiger partial charge in [0.05, 0.1) is 10.2 Å². The van der Waals surface area contributed by atoms with E-state index in [2.05, 4.69) is 39.7 Å². The minimum atomic E-state index is 0.383. The first-order valence-electron chi connectivity index (χ1n) is 4.85. The Labute approximate surface area is 93.3 Å². The second kappa shape index (κ2) is 4.73. The van der Waals surface area contributed by atoms with Crippen LogP contribution in [0, 0.1) is 6.92 Å². The van der Waals surface area contributed by atoms with Crippen LogP contribution in [-0.4, -0.2) is 9.97 Å². The molecule has 0 saturated heterocycles. The molecule has 1 rings (SSSR count). The highest BCUT2D eigenvalue weighted by Crippen LogP contribution is 2.24. The summed E-state index contributed by atoms with van der Waals surface area (Å²) in [5.74, 6) is 1.77. The average Bonchev–Trinajstić information content (AvgIpc) is 2.13. The smallest absolute Gasteiger partial charge is 0.141 e. The van der Waals surface area contributed by atoms with Crippen LogP contribution in [0.15, 0.2) is 4.47 Å². The number of hydrogen-bond acceptors (Lipinski definition) is 3. The van der Waals surface area contributed by atoms with Crippen LogP contribution in [0.3, 0.4) is 0 Å². The summed E-state index contributed by atoms with van der Waals surface area (Å²) in [4.78, 5) is 8.69. The molecule has 3 nitrogen and oxygen atoms in total. The maximum Gasteiger partial charge on any atom is 0.141 e. The van der Waals surface area contributed by atoms with Gasteiger partial charge in [-0.1, -0.05) is 20.3 Å². The topological polar surface area (TPSA) is 51.8 Å².